The number of phenolic OH excluding ortho intramolecular Hbond substituents is 1. The highest BCUT2D eigenvalue weighted by atomic mass is 35.5. The second-order valence-electron chi connectivity index (χ2n) is 6.37. The second-order valence-corrected chi connectivity index (χ2v) is 6.78. The molecule has 0 spiro atoms. The summed E-state index contributed by atoms with van der Waals surface area (Å²) in [6, 6.07) is 12.3. The van der Waals surface area contributed by atoms with Gasteiger partial charge in [-0.05, 0) is 48.7 Å². The number of carbonyl (C=O) groups is 2. The van der Waals surface area contributed by atoms with Gasteiger partial charge in [0.1, 0.15) is 5.75 Å². The van der Waals surface area contributed by atoms with Crippen LogP contribution in [0.25, 0.3) is 11.1 Å². The lowest BCUT2D eigenvalue weighted by Gasteiger charge is -2.16. The zero-order chi connectivity index (χ0) is 18.7. The van der Waals surface area contributed by atoms with Crippen molar-refractivity contribution in [2.75, 3.05) is 19.6 Å². The van der Waals surface area contributed by atoms with Gasteiger partial charge in [-0.25, -0.2) is 0 Å². The molecule has 0 saturated carbocycles. The summed E-state index contributed by atoms with van der Waals surface area (Å²) < 4.78 is 0. The van der Waals surface area contributed by atoms with Gasteiger partial charge in [-0.1, -0.05) is 29.8 Å². The van der Waals surface area contributed by atoms with Crippen LogP contribution in [0.15, 0.2) is 42.5 Å². The lowest BCUT2D eigenvalue weighted by Crippen LogP contribution is -2.34. The number of carbonyl (C=O) groups excluding carboxylic acids is 2. The van der Waals surface area contributed by atoms with Crippen LogP contribution in [0.2, 0.25) is 5.02 Å². The SMILES string of the molecule is CCNC(=O)C1CCN(C(=O)c2ccc(-c3ccc(O)c(Cl)c3)cc2)C1. The molecule has 2 aromatic rings. The van der Waals surface area contributed by atoms with Crippen molar-refractivity contribution >= 4 is 23.4 Å². The van der Waals surface area contributed by atoms with Crippen molar-refractivity contribution in [1.29, 1.82) is 0 Å². The quantitative estimate of drug-likeness (QED) is 0.865. The summed E-state index contributed by atoms with van der Waals surface area (Å²) in [7, 11) is 0. The van der Waals surface area contributed by atoms with E-state index in [4.69, 9.17) is 11.6 Å². The Hall–Kier alpha value is -2.53. The lowest BCUT2D eigenvalue weighted by molar-refractivity contribution is -0.124. The van der Waals surface area contributed by atoms with Crippen molar-refractivity contribution in [2.24, 2.45) is 5.92 Å². The zero-order valence-electron chi connectivity index (χ0n) is 14.5. The predicted octanol–water partition coefficient (Wildman–Crippen LogP) is 3.31. The molecule has 26 heavy (non-hydrogen) atoms. The maximum Gasteiger partial charge on any atom is 0.253 e. The van der Waals surface area contributed by atoms with Crippen LogP contribution >= 0.6 is 11.6 Å². The Balaban J connectivity index is 1.69. The fraction of sp³-hybridized carbons (Fsp3) is 0.300. The molecule has 2 aromatic carbocycles. The first kappa shape index (κ1) is 18.3. The van der Waals surface area contributed by atoms with Gasteiger partial charge < -0.3 is 15.3 Å². The molecule has 2 N–H and O–H groups in total. The number of hydrogen-bond donors (Lipinski definition) is 2. The standard InChI is InChI=1S/C20H21ClN2O3/c1-2-22-19(25)16-9-10-23(12-16)20(26)14-5-3-13(4-6-14)15-7-8-18(24)17(21)11-15/h3-8,11,16,24H,2,9-10,12H2,1H3,(H,22,25). The van der Waals surface area contributed by atoms with E-state index in [9.17, 15) is 14.7 Å². The summed E-state index contributed by atoms with van der Waals surface area (Å²) in [6.07, 6.45) is 0.696. The Kier molecular flexibility index (Phi) is 5.47. The van der Waals surface area contributed by atoms with Crippen molar-refractivity contribution in [3.05, 3.63) is 53.1 Å². The highest BCUT2D eigenvalue weighted by Crippen LogP contribution is 2.29. The van der Waals surface area contributed by atoms with Crippen LogP contribution in [0.4, 0.5) is 0 Å². The van der Waals surface area contributed by atoms with E-state index >= 15 is 0 Å². The molecule has 1 aliphatic rings. The maximum atomic E-state index is 12.7. The molecule has 0 bridgehead atoms. The monoisotopic (exact) mass is 372 g/mol. The minimum atomic E-state index is -0.127. The van der Waals surface area contributed by atoms with Crippen molar-refractivity contribution < 1.29 is 14.7 Å². The molecular formula is C20H21ClN2O3. The molecule has 0 radical (unpaired) electrons. The number of nitrogens with one attached hydrogen (secondary N) is 1. The van der Waals surface area contributed by atoms with Crippen molar-refractivity contribution in [3.63, 3.8) is 0 Å². The second kappa shape index (κ2) is 7.79. The molecule has 3 rings (SSSR count). The summed E-state index contributed by atoms with van der Waals surface area (Å²) in [6.45, 7) is 3.54. The third kappa shape index (κ3) is 3.83. The minimum Gasteiger partial charge on any atom is -0.506 e. The van der Waals surface area contributed by atoms with E-state index < -0.39 is 0 Å². The van der Waals surface area contributed by atoms with E-state index in [-0.39, 0.29) is 28.5 Å². The van der Waals surface area contributed by atoms with Gasteiger partial charge in [-0.15, -0.1) is 0 Å². The summed E-state index contributed by atoms with van der Waals surface area (Å²) >= 11 is 5.95. The molecule has 2 amide bonds. The molecule has 1 fully saturated rings. The summed E-state index contributed by atoms with van der Waals surface area (Å²) in [4.78, 5) is 26.3. The highest BCUT2D eigenvalue weighted by molar-refractivity contribution is 6.32. The average Bonchev–Trinajstić information content (AvgIpc) is 3.14. The van der Waals surface area contributed by atoms with E-state index in [1.807, 2.05) is 19.1 Å². The van der Waals surface area contributed by atoms with Crippen LogP contribution in [0, 0.1) is 5.92 Å². The van der Waals surface area contributed by atoms with Crippen molar-refractivity contribution in [2.45, 2.75) is 13.3 Å². The van der Waals surface area contributed by atoms with Crippen molar-refractivity contribution in [1.82, 2.24) is 10.2 Å². The van der Waals surface area contributed by atoms with E-state index in [0.29, 0.717) is 31.6 Å². The van der Waals surface area contributed by atoms with Crippen LogP contribution in [0.5, 0.6) is 5.75 Å². The molecule has 1 saturated heterocycles. The Morgan fingerprint density at radius 1 is 1.19 bits per heavy atom. The van der Waals surface area contributed by atoms with Gasteiger partial charge in [0, 0.05) is 25.2 Å². The normalized spacial score (nSPS) is 16.5. The Bertz CT molecular complexity index is 820. The Labute approximate surface area is 157 Å². The molecule has 0 aliphatic carbocycles. The van der Waals surface area contributed by atoms with Gasteiger partial charge >= 0.3 is 0 Å². The van der Waals surface area contributed by atoms with E-state index in [1.165, 1.54) is 0 Å². The number of amides is 2. The Morgan fingerprint density at radius 3 is 2.54 bits per heavy atom. The van der Waals surface area contributed by atoms with Gasteiger partial charge in [0.15, 0.2) is 0 Å². The van der Waals surface area contributed by atoms with Gasteiger partial charge in [0.05, 0.1) is 10.9 Å². The first-order chi connectivity index (χ1) is 12.5. The molecule has 0 aromatic heterocycles. The third-order valence-electron chi connectivity index (χ3n) is 4.61. The van der Waals surface area contributed by atoms with Crippen LogP contribution < -0.4 is 5.32 Å². The first-order valence-electron chi connectivity index (χ1n) is 8.65. The number of hydrogen-bond acceptors (Lipinski definition) is 3. The largest absolute Gasteiger partial charge is 0.506 e. The molecule has 6 heteroatoms. The fourth-order valence-corrected chi connectivity index (χ4v) is 3.33. The van der Waals surface area contributed by atoms with Gasteiger partial charge in [-0.3, -0.25) is 9.59 Å². The topological polar surface area (TPSA) is 69.6 Å². The average molecular weight is 373 g/mol. The number of phenols is 1. The van der Waals surface area contributed by atoms with Crippen LogP contribution in [-0.4, -0.2) is 41.5 Å². The smallest absolute Gasteiger partial charge is 0.253 e. The first-order valence-corrected chi connectivity index (χ1v) is 9.03. The van der Waals surface area contributed by atoms with E-state index in [2.05, 4.69) is 5.32 Å². The Morgan fingerprint density at radius 2 is 1.88 bits per heavy atom. The number of likely N-dealkylation sites (tertiary alicyclic amines) is 1. The van der Waals surface area contributed by atoms with E-state index in [0.717, 1.165) is 11.1 Å². The number of nitrogens with zero attached hydrogens (tertiary/aromatic N) is 1. The molecule has 5 nitrogen and oxygen atoms in total. The highest BCUT2D eigenvalue weighted by Gasteiger charge is 2.31. The summed E-state index contributed by atoms with van der Waals surface area (Å²) in [5.41, 5.74) is 2.37. The summed E-state index contributed by atoms with van der Waals surface area (Å²) in [5.74, 6) is -0.135. The molecule has 1 aliphatic heterocycles. The zero-order valence-corrected chi connectivity index (χ0v) is 15.3. The predicted molar refractivity (Wildman–Crippen MR) is 101 cm³/mol. The number of benzene rings is 2. The van der Waals surface area contributed by atoms with Crippen molar-refractivity contribution in [3.8, 4) is 16.9 Å². The van der Waals surface area contributed by atoms with Gasteiger partial charge in [0.25, 0.3) is 5.91 Å². The van der Waals surface area contributed by atoms with Gasteiger partial charge in [-0.2, -0.15) is 0 Å². The van der Waals surface area contributed by atoms with E-state index in [1.54, 1.807) is 35.2 Å². The summed E-state index contributed by atoms with van der Waals surface area (Å²) in [5, 5.41) is 12.6. The number of halogens is 1. The van der Waals surface area contributed by atoms with Crippen LogP contribution in [0.3, 0.4) is 0 Å². The van der Waals surface area contributed by atoms with Crippen LogP contribution in [-0.2, 0) is 4.79 Å². The molecule has 1 atom stereocenters. The third-order valence-corrected chi connectivity index (χ3v) is 4.91. The molecule has 1 unspecified atom stereocenters. The molecule has 136 valence electrons. The van der Waals surface area contributed by atoms with Gasteiger partial charge in [0.2, 0.25) is 5.91 Å². The molecular weight excluding hydrogens is 352 g/mol. The maximum absolute atomic E-state index is 12.7. The lowest BCUT2D eigenvalue weighted by atomic mass is 10.0. The fourth-order valence-electron chi connectivity index (χ4n) is 3.15. The number of aromatic hydroxyl groups is 1. The number of rotatable bonds is 4. The minimum absolute atomic E-state index is 0.0161. The van der Waals surface area contributed by atoms with Crippen LogP contribution in [0.1, 0.15) is 23.7 Å². The molecule has 1 heterocycles.